The molecule has 5 heterocycles. The van der Waals surface area contributed by atoms with E-state index in [0.717, 1.165) is 148 Å². The molecule has 0 spiro atoms. The lowest BCUT2D eigenvalue weighted by molar-refractivity contribution is 0.153. The molecule has 0 bridgehead atoms. The molecule has 3 aromatic heterocycles. The van der Waals surface area contributed by atoms with Crippen LogP contribution >= 0.6 is 11.8 Å². The lowest BCUT2D eigenvalue weighted by Crippen LogP contribution is -2.44. The highest BCUT2D eigenvalue weighted by molar-refractivity contribution is 7.98. The fourth-order valence-electron chi connectivity index (χ4n) is 7.54. The van der Waals surface area contributed by atoms with Crippen molar-refractivity contribution in [3.63, 3.8) is 0 Å². The van der Waals surface area contributed by atoms with Crippen LogP contribution in [0.25, 0.3) is 45.0 Å². The molecule has 8 rings (SSSR count). The summed E-state index contributed by atoms with van der Waals surface area (Å²) in [6.45, 7) is 11.4. The zero-order chi connectivity index (χ0) is 38.3. The maximum atomic E-state index is 5.21. The Balaban J connectivity index is 0.964. The second kappa shape index (κ2) is 18.0. The summed E-state index contributed by atoms with van der Waals surface area (Å²) in [5.74, 6) is 0. The van der Waals surface area contributed by atoms with Gasteiger partial charge in [-0.1, -0.05) is 46.8 Å². The van der Waals surface area contributed by atoms with Gasteiger partial charge in [0.15, 0.2) is 0 Å². The maximum Gasteiger partial charge on any atom is 0.0832 e. The van der Waals surface area contributed by atoms with E-state index in [2.05, 4.69) is 158 Å². The number of thioether (sulfide) groups is 1. The molecule has 0 radical (unpaired) electrons. The number of aryl methyl sites for hydroxylation is 2. The largest absolute Gasteiger partial charge is 0.304 e. The van der Waals surface area contributed by atoms with E-state index in [1.54, 1.807) is 11.8 Å². The summed E-state index contributed by atoms with van der Waals surface area (Å²) < 4.78 is 3.76. The third-order valence-electron chi connectivity index (χ3n) is 11.2. The average molecular weight is 768 g/mol. The van der Waals surface area contributed by atoms with E-state index in [1.165, 1.54) is 4.90 Å². The monoisotopic (exact) mass is 767 g/mol. The molecule has 0 N–H and O–H groups in total. The Kier molecular flexibility index (Phi) is 12.3. The van der Waals surface area contributed by atoms with Gasteiger partial charge in [0.25, 0.3) is 0 Å². The molecular formula is C44H53N11S. The van der Waals surface area contributed by atoms with E-state index in [0.29, 0.717) is 0 Å². The highest BCUT2D eigenvalue weighted by Crippen LogP contribution is 2.32. The minimum atomic E-state index is 0.919. The number of aromatic nitrogens is 7. The summed E-state index contributed by atoms with van der Waals surface area (Å²) in [6, 6.07) is 30.1. The number of hydrogen-bond acceptors (Lipinski definition) is 10. The van der Waals surface area contributed by atoms with Crippen molar-refractivity contribution in [1.29, 1.82) is 0 Å². The van der Waals surface area contributed by atoms with Crippen LogP contribution < -0.4 is 0 Å². The Bertz CT molecular complexity index is 2020. The Labute approximate surface area is 335 Å². The van der Waals surface area contributed by atoms with Crippen molar-refractivity contribution in [2.24, 2.45) is 0 Å². The summed E-state index contributed by atoms with van der Waals surface area (Å²) in [5, 5.41) is 17.9. The van der Waals surface area contributed by atoms with Crippen LogP contribution in [0, 0.1) is 0 Å². The van der Waals surface area contributed by atoms with Crippen LogP contribution in [0.3, 0.4) is 0 Å². The predicted octanol–water partition coefficient (Wildman–Crippen LogP) is 6.33. The van der Waals surface area contributed by atoms with Gasteiger partial charge in [0, 0.05) is 68.4 Å². The molecule has 2 aliphatic rings. The number of rotatable bonds is 14. The minimum Gasteiger partial charge on any atom is -0.304 e. The van der Waals surface area contributed by atoms with Crippen molar-refractivity contribution >= 4 is 11.8 Å². The standard InChI is InChI=1S/C44H53N11S/c1-50-22-26-52(27-23-50)20-4-6-38-32-54(48-46-38)40-14-8-35(9-15-40)43-30-37(34-12-18-42(56-3)19-13-34)31-44(45-43)36-10-16-41(17-11-36)55-33-39(47-49-55)7-5-21-53-28-24-51(2)25-29-53/h8-19,30-33H,4-7,20-29H2,1-3H3. The summed E-state index contributed by atoms with van der Waals surface area (Å²) in [4.78, 5) is 16.4. The van der Waals surface area contributed by atoms with Gasteiger partial charge in [-0.2, -0.15) is 0 Å². The molecule has 0 saturated carbocycles. The van der Waals surface area contributed by atoms with Crippen molar-refractivity contribution in [2.75, 3.05) is 85.8 Å². The van der Waals surface area contributed by atoms with E-state index in [-0.39, 0.29) is 0 Å². The van der Waals surface area contributed by atoms with Gasteiger partial charge < -0.3 is 19.6 Å². The summed E-state index contributed by atoms with van der Waals surface area (Å²) in [5.41, 5.74) is 10.2. The SMILES string of the molecule is CSc1ccc(-c2cc(-c3ccc(-n4cc(CCCN5CCN(C)CC5)nn4)cc3)nc(-c3ccc(-n4cc(CCCN5CCN(C)CC5)nn4)cc3)c2)cc1. The van der Waals surface area contributed by atoms with Gasteiger partial charge in [-0.3, -0.25) is 0 Å². The molecule has 2 saturated heterocycles. The van der Waals surface area contributed by atoms with Gasteiger partial charge in [0.1, 0.15) is 0 Å². The van der Waals surface area contributed by atoms with Crippen LogP contribution in [0.4, 0.5) is 0 Å². The lowest BCUT2D eigenvalue weighted by Gasteiger charge is -2.32. The van der Waals surface area contributed by atoms with Crippen molar-refractivity contribution in [1.82, 2.24) is 54.6 Å². The normalized spacial score (nSPS) is 16.1. The van der Waals surface area contributed by atoms with Gasteiger partial charge in [-0.15, -0.1) is 22.0 Å². The van der Waals surface area contributed by atoms with Crippen LogP contribution in [0.5, 0.6) is 0 Å². The molecule has 11 nitrogen and oxygen atoms in total. The smallest absolute Gasteiger partial charge is 0.0832 e. The second-order valence-electron chi connectivity index (χ2n) is 15.3. The van der Waals surface area contributed by atoms with E-state index in [1.807, 2.05) is 9.36 Å². The Morgan fingerprint density at radius 3 is 1.38 bits per heavy atom. The van der Waals surface area contributed by atoms with Crippen LogP contribution in [-0.4, -0.2) is 140 Å². The van der Waals surface area contributed by atoms with Crippen LogP contribution in [0.15, 0.2) is 102 Å². The fraction of sp³-hybridized carbons (Fsp3) is 0.386. The van der Waals surface area contributed by atoms with E-state index >= 15 is 0 Å². The zero-order valence-corrected chi connectivity index (χ0v) is 33.8. The number of piperazine rings is 2. The number of nitrogens with zero attached hydrogens (tertiary/aromatic N) is 11. The van der Waals surface area contributed by atoms with Crippen molar-refractivity contribution in [3.8, 4) is 45.0 Å². The number of pyridine rings is 1. The van der Waals surface area contributed by atoms with Gasteiger partial charge in [0.2, 0.25) is 0 Å². The zero-order valence-electron chi connectivity index (χ0n) is 33.0. The molecule has 2 fully saturated rings. The Morgan fingerprint density at radius 1 is 0.518 bits per heavy atom. The van der Waals surface area contributed by atoms with Crippen LogP contribution in [0.1, 0.15) is 24.2 Å². The number of likely N-dealkylation sites (N-methyl/N-ethyl adjacent to an activating group) is 2. The number of benzene rings is 3. The third-order valence-corrected chi connectivity index (χ3v) is 11.9. The molecule has 0 aliphatic carbocycles. The van der Waals surface area contributed by atoms with Crippen LogP contribution in [0.2, 0.25) is 0 Å². The predicted molar refractivity (Wildman–Crippen MR) is 227 cm³/mol. The lowest BCUT2D eigenvalue weighted by atomic mass is 10.00. The van der Waals surface area contributed by atoms with Gasteiger partial charge in [-0.05, 0) is 119 Å². The summed E-state index contributed by atoms with van der Waals surface area (Å²) in [6.07, 6.45) is 10.3. The summed E-state index contributed by atoms with van der Waals surface area (Å²) in [7, 11) is 4.40. The van der Waals surface area contributed by atoms with E-state index < -0.39 is 0 Å². The first-order valence-electron chi connectivity index (χ1n) is 20.0. The molecule has 12 heteroatoms. The van der Waals surface area contributed by atoms with Gasteiger partial charge in [0.05, 0.1) is 46.5 Å². The second-order valence-corrected chi connectivity index (χ2v) is 16.1. The van der Waals surface area contributed by atoms with Gasteiger partial charge >= 0.3 is 0 Å². The molecule has 0 atom stereocenters. The molecular weight excluding hydrogens is 715 g/mol. The quantitative estimate of drug-likeness (QED) is 0.117. The van der Waals surface area contributed by atoms with Crippen molar-refractivity contribution in [2.45, 2.75) is 30.6 Å². The Hall–Kier alpha value is -4.72. The van der Waals surface area contributed by atoms with Crippen molar-refractivity contribution in [3.05, 3.63) is 109 Å². The van der Waals surface area contributed by atoms with Crippen LogP contribution in [-0.2, 0) is 12.8 Å². The maximum absolute atomic E-state index is 5.21. The topological polar surface area (TPSA) is 87.3 Å². The van der Waals surface area contributed by atoms with Gasteiger partial charge in [-0.25, -0.2) is 14.3 Å². The highest BCUT2D eigenvalue weighted by Gasteiger charge is 2.16. The molecule has 0 amide bonds. The molecule has 0 unspecified atom stereocenters. The molecule has 56 heavy (non-hydrogen) atoms. The fourth-order valence-corrected chi connectivity index (χ4v) is 7.94. The van der Waals surface area contributed by atoms with E-state index in [4.69, 9.17) is 4.98 Å². The van der Waals surface area contributed by atoms with E-state index in [9.17, 15) is 0 Å². The third kappa shape index (κ3) is 9.62. The average Bonchev–Trinajstić information content (AvgIpc) is 3.93. The minimum absolute atomic E-state index is 0.919. The Morgan fingerprint density at radius 2 is 0.946 bits per heavy atom. The molecule has 2 aliphatic heterocycles. The number of hydrogen-bond donors (Lipinski definition) is 0. The molecule has 6 aromatic rings. The summed E-state index contributed by atoms with van der Waals surface area (Å²) >= 11 is 1.75. The molecule has 3 aromatic carbocycles. The first kappa shape index (κ1) is 38.2. The first-order valence-corrected chi connectivity index (χ1v) is 21.2. The highest BCUT2D eigenvalue weighted by atomic mass is 32.2. The molecule has 290 valence electrons. The van der Waals surface area contributed by atoms with Crippen molar-refractivity contribution < 1.29 is 0 Å². The first-order chi connectivity index (χ1) is 27.5.